The maximum atomic E-state index is 12.2. The van der Waals surface area contributed by atoms with Gasteiger partial charge in [-0.2, -0.15) is 0 Å². The van der Waals surface area contributed by atoms with Crippen LogP contribution in [0.2, 0.25) is 5.15 Å². The number of ether oxygens (including phenoxy) is 1. The zero-order valence-corrected chi connectivity index (χ0v) is 11.7. The van der Waals surface area contributed by atoms with Crippen LogP contribution in [0.3, 0.4) is 0 Å². The van der Waals surface area contributed by atoms with Gasteiger partial charge in [0.15, 0.2) is 5.15 Å². The van der Waals surface area contributed by atoms with Crippen molar-refractivity contribution < 1.29 is 9.53 Å². The normalized spacial score (nSPS) is 16.5. The summed E-state index contributed by atoms with van der Waals surface area (Å²) in [6.45, 7) is 3.17. The van der Waals surface area contributed by atoms with E-state index in [1.54, 1.807) is 11.8 Å². The molecule has 104 valence electrons. The average molecular weight is 286 g/mol. The minimum absolute atomic E-state index is 0.00423. The van der Waals surface area contributed by atoms with Crippen molar-refractivity contribution in [2.45, 2.75) is 25.8 Å². The molecule has 7 heteroatoms. The van der Waals surface area contributed by atoms with Gasteiger partial charge >= 0.3 is 0 Å². The summed E-state index contributed by atoms with van der Waals surface area (Å²) in [4.78, 5) is 30.0. The standard InChI is InChI=1S/C12H16ClN3O3/c1-8(11(17)15-5-3-4-6-15)16-7-14-10(13)9(19-2)12(16)18/h7-8H,3-6H2,1-2H3. The molecule has 0 aliphatic carbocycles. The highest BCUT2D eigenvalue weighted by Gasteiger charge is 2.26. The third kappa shape index (κ3) is 2.58. The van der Waals surface area contributed by atoms with Gasteiger partial charge in [0.1, 0.15) is 12.4 Å². The molecule has 1 aromatic rings. The van der Waals surface area contributed by atoms with Crippen LogP contribution in [0.4, 0.5) is 0 Å². The maximum absolute atomic E-state index is 12.2. The monoisotopic (exact) mass is 285 g/mol. The topological polar surface area (TPSA) is 64.4 Å². The summed E-state index contributed by atoms with van der Waals surface area (Å²) in [5, 5.41) is 0.00423. The number of carbonyl (C=O) groups is 1. The minimum atomic E-state index is -0.607. The third-order valence-corrected chi connectivity index (χ3v) is 3.58. The Kier molecular flexibility index (Phi) is 4.09. The van der Waals surface area contributed by atoms with E-state index in [0.29, 0.717) is 0 Å². The second-order valence-corrected chi connectivity index (χ2v) is 4.85. The average Bonchev–Trinajstić information content (AvgIpc) is 2.91. The molecule has 0 spiro atoms. The van der Waals surface area contributed by atoms with Gasteiger partial charge in [-0.25, -0.2) is 4.98 Å². The molecule has 0 aromatic carbocycles. The van der Waals surface area contributed by atoms with Crippen LogP contribution >= 0.6 is 11.6 Å². The van der Waals surface area contributed by atoms with Crippen molar-refractivity contribution in [1.82, 2.24) is 14.5 Å². The highest BCUT2D eigenvalue weighted by molar-refractivity contribution is 6.30. The van der Waals surface area contributed by atoms with Crippen molar-refractivity contribution in [1.29, 1.82) is 0 Å². The van der Waals surface area contributed by atoms with Gasteiger partial charge < -0.3 is 9.64 Å². The summed E-state index contributed by atoms with van der Waals surface area (Å²) in [5.41, 5.74) is -0.442. The number of carbonyl (C=O) groups excluding carboxylic acids is 1. The summed E-state index contributed by atoms with van der Waals surface area (Å²) >= 11 is 5.77. The number of rotatable bonds is 3. The van der Waals surface area contributed by atoms with E-state index < -0.39 is 11.6 Å². The third-order valence-electron chi connectivity index (χ3n) is 3.31. The van der Waals surface area contributed by atoms with E-state index in [0.717, 1.165) is 25.9 Å². The Bertz CT molecular complexity index is 538. The summed E-state index contributed by atoms with van der Waals surface area (Å²) in [6.07, 6.45) is 3.30. The largest absolute Gasteiger partial charge is 0.489 e. The number of hydrogen-bond acceptors (Lipinski definition) is 4. The molecular weight excluding hydrogens is 270 g/mol. The first-order chi connectivity index (χ1) is 9.06. The molecule has 1 saturated heterocycles. The van der Waals surface area contributed by atoms with Gasteiger partial charge in [-0.15, -0.1) is 0 Å². The van der Waals surface area contributed by atoms with Gasteiger partial charge in [-0.1, -0.05) is 11.6 Å². The quantitative estimate of drug-likeness (QED) is 0.780. The van der Waals surface area contributed by atoms with Gasteiger partial charge in [0, 0.05) is 13.1 Å². The maximum Gasteiger partial charge on any atom is 0.298 e. The number of halogens is 1. The molecule has 0 N–H and O–H groups in total. The van der Waals surface area contributed by atoms with Crippen molar-refractivity contribution in [3.8, 4) is 5.75 Å². The molecule has 0 radical (unpaired) electrons. The first-order valence-electron chi connectivity index (χ1n) is 6.15. The van der Waals surface area contributed by atoms with E-state index in [1.807, 2.05) is 0 Å². The van der Waals surface area contributed by atoms with Crippen molar-refractivity contribution >= 4 is 17.5 Å². The van der Waals surface area contributed by atoms with E-state index in [-0.39, 0.29) is 16.8 Å². The zero-order chi connectivity index (χ0) is 14.0. The molecular formula is C12H16ClN3O3. The molecule has 1 aliphatic rings. The SMILES string of the molecule is COc1c(Cl)ncn(C(C)C(=O)N2CCCC2)c1=O. The molecule has 1 aliphatic heterocycles. The van der Waals surface area contributed by atoms with E-state index in [1.165, 1.54) is 18.0 Å². The lowest BCUT2D eigenvalue weighted by Gasteiger charge is -2.21. The smallest absolute Gasteiger partial charge is 0.298 e. The molecule has 0 saturated carbocycles. The van der Waals surface area contributed by atoms with Crippen LogP contribution in [-0.2, 0) is 4.79 Å². The molecule has 6 nitrogen and oxygen atoms in total. The zero-order valence-electron chi connectivity index (χ0n) is 10.9. The van der Waals surface area contributed by atoms with Gasteiger partial charge in [0.2, 0.25) is 11.7 Å². The van der Waals surface area contributed by atoms with Crippen LogP contribution in [0.15, 0.2) is 11.1 Å². The molecule has 1 atom stereocenters. The number of methoxy groups -OCH3 is 1. The van der Waals surface area contributed by atoms with Crippen LogP contribution in [0.5, 0.6) is 5.75 Å². The second kappa shape index (κ2) is 5.61. The van der Waals surface area contributed by atoms with Crippen molar-refractivity contribution in [3.05, 3.63) is 21.8 Å². The molecule has 19 heavy (non-hydrogen) atoms. The lowest BCUT2D eigenvalue weighted by atomic mass is 10.3. The number of nitrogens with zero attached hydrogens (tertiary/aromatic N) is 3. The summed E-state index contributed by atoms with van der Waals surface area (Å²) in [6, 6.07) is -0.607. The highest BCUT2D eigenvalue weighted by atomic mass is 35.5. The Morgan fingerprint density at radius 3 is 2.68 bits per heavy atom. The van der Waals surface area contributed by atoms with E-state index in [2.05, 4.69) is 4.98 Å². The first-order valence-corrected chi connectivity index (χ1v) is 6.53. The van der Waals surface area contributed by atoms with Crippen molar-refractivity contribution in [2.24, 2.45) is 0 Å². The number of likely N-dealkylation sites (tertiary alicyclic amines) is 1. The fourth-order valence-corrected chi connectivity index (χ4v) is 2.40. The highest BCUT2D eigenvalue weighted by Crippen LogP contribution is 2.18. The predicted octanol–water partition coefficient (Wildman–Crippen LogP) is 1.09. The van der Waals surface area contributed by atoms with Crippen LogP contribution in [0, 0.1) is 0 Å². The second-order valence-electron chi connectivity index (χ2n) is 4.49. The Morgan fingerprint density at radius 2 is 2.11 bits per heavy atom. The molecule has 0 bridgehead atoms. The number of hydrogen-bond donors (Lipinski definition) is 0. The Labute approximate surface area is 115 Å². The molecule has 2 rings (SSSR count). The molecule has 1 aromatic heterocycles. The van der Waals surface area contributed by atoms with Gasteiger partial charge in [0.05, 0.1) is 7.11 Å². The lowest BCUT2D eigenvalue weighted by Crippen LogP contribution is -2.38. The molecule has 1 amide bonds. The molecule has 1 fully saturated rings. The van der Waals surface area contributed by atoms with Gasteiger partial charge in [-0.3, -0.25) is 14.2 Å². The summed E-state index contributed by atoms with van der Waals surface area (Å²) < 4.78 is 6.17. The van der Waals surface area contributed by atoms with Gasteiger partial charge in [0.25, 0.3) is 5.56 Å². The molecule has 1 unspecified atom stereocenters. The molecule has 2 heterocycles. The fourth-order valence-electron chi connectivity index (χ4n) is 2.20. The van der Waals surface area contributed by atoms with E-state index >= 15 is 0 Å². The number of amides is 1. The van der Waals surface area contributed by atoms with Gasteiger partial charge in [-0.05, 0) is 19.8 Å². The van der Waals surface area contributed by atoms with Crippen molar-refractivity contribution in [3.63, 3.8) is 0 Å². The summed E-state index contributed by atoms with van der Waals surface area (Å²) in [5.74, 6) is -0.115. The van der Waals surface area contributed by atoms with Crippen LogP contribution in [0.25, 0.3) is 0 Å². The Balaban J connectivity index is 2.31. The Morgan fingerprint density at radius 1 is 1.47 bits per heavy atom. The predicted molar refractivity (Wildman–Crippen MR) is 70.6 cm³/mol. The van der Waals surface area contributed by atoms with Crippen LogP contribution in [0.1, 0.15) is 25.8 Å². The lowest BCUT2D eigenvalue weighted by molar-refractivity contribution is -0.133. The van der Waals surface area contributed by atoms with Crippen LogP contribution < -0.4 is 10.3 Å². The van der Waals surface area contributed by atoms with Crippen molar-refractivity contribution in [2.75, 3.05) is 20.2 Å². The Hall–Kier alpha value is -1.56. The van der Waals surface area contributed by atoms with Crippen LogP contribution in [-0.4, -0.2) is 40.6 Å². The number of aromatic nitrogens is 2. The van der Waals surface area contributed by atoms with E-state index in [9.17, 15) is 9.59 Å². The summed E-state index contributed by atoms with van der Waals surface area (Å²) in [7, 11) is 1.35. The first kappa shape index (κ1) is 13.9. The fraction of sp³-hybridized carbons (Fsp3) is 0.583. The van der Waals surface area contributed by atoms with E-state index in [4.69, 9.17) is 16.3 Å². The minimum Gasteiger partial charge on any atom is -0.489 e.